The molecule has 1 saturated heterocycles. The maximum atomic E-state index is 13.1. The van der Waals surface area contributed by atoms with E-state index in [0.717, 1.165) is 62.3 Å². The first-order valence-corrected chi connectivity index (χ1v) is 10.7. The van der Waals surface area contributed by atoms with Crippen molar-refractivity contribution >= 4 is 35.8 Å². The molecular formula is C23H29FIN7. The largest absolute Gasteiger partial charge is 0.357 e. The van der Waals surface area contributed by atoms with Gasteiger partial charge < -0.3 is 15.1 Å². The van der Waals surface area contributed by atoms with Crippen LogP contribution in [0.4, 0.5) is 10.2 Å². The van der Waals surface area contributed by atoms with E-state index in [4.69, 9.17) is 4.99 Å². The third-order valence-electron chi connectivity index (χ3n) is 5.25. The van der Waals surface area contributed by atoms with Crippen LogP contribution >= 0.6 is 24.0 Å². The molecule has 0 unspecified atom stereocenters. The molecule has 170 valence electrons. The fourth-order valence-electron chi connectivity index (χ4n) is 3.62. The molecule has 1 aromatic carbocycles. The Hall–Kier alpha value is -2.69. The molecule has 2 aromatic heterocycles. The van der Waals surface area contributed by atoms with E-state index in [1.165, 1.54) is 12.1 Å². The Bertz CT molecular complexity index is 983. The van der Waals surface area contributed by atoms with Gasteiger partial charge in [-0.1, -0.05) is 6.07 Å². The van der Waals surface area contributed by atoms with Gasteiger partial charge in [0.25, 0.3) is 0 Å². The Morgan fingerprint density at radius 3 is 2.53 bits per heavy atom. The molecule has 3 aromatic rings. The first kappa shape index (κ1) is 24.0. The zero-order valence-electron chi connectivity index (χ0n) is 18.2. The maximum absolute atomic E-state index is 13.1. The molecule has 0 bridgehead atoms. The molecule has 0 amide bonds. The Kier molecular flexibility index (Phi) is 8.83. The third kappa shape index (κ3) is 6.18. The van der Waals surface area contributed by atoms with Crippen molar-refractivity contribution < 1.29 is 4.39 Å². The number of aliphatic imine (C=N–C) groups is 1. The number of nitrogens with zero attached hydrogens (tertiary/aromatic N) is 6. The number of aromatic nitrogens is 3. The average Bonchev–Trinajstić information content (AvgIpc) is 3.29. The number of benzene rings is 1. The van der Waals surface area contributed by atoms with E-state index in [2.05, 4.69) is 38.2 Å². The molecular weight excluding hydrogens is 520 g/mol. The minimum absolute atomic E-state index is 0. The summed E-state index contributed by atoms with van der Waals surface area (Å²) in [4.78, 5) is 13.9. The second-order valence-corrected chi connectivity index (χ2v) is 7.38. The SMILES string of the molecule is CCNC(=NCCc1ccn(-c2ccc(F)cc2)n1)N1CCN(c2ccccn2)CC1.I. The summed E-state index contributed by atoms with van der Waals surface area (Å²) >= 11 is 0. The van der Waals surface area contributed by atoms with Crippen molar-refractivity contribution in [1.29, 1.82) is 0 Å². The van der Waals surface area contributed by atoms with Crippen molar-refractivity contribution in [3.05, 3.63) is 72.4 Å². The number of pyridine rings is 1. The van der Waals surface area contributed by atoms with Gasteiger partial charge in [0.2, 0.25) is 0 Å². The van der Waals surface area contributed by atoms with Gasteiger partial charge in [0.05, 0.1) is 11.4 Å². The fraction of sp³-hybridized carbons (Fsp3) is 0.348. The lowest BCUT2D eigenvalue weighted by Gasteiger charge is -2.37. The van der Waals surface area contributed by atoms with Gasteiger partial charge in [-0.3, -0.25) is 4.99 Å². The monoisotopic (exact) mass is 549 g/mol. The molecule has 9 heteroatoms. The average molecular weight is 549 g/mol. The molecule has 0 radical (unpaired) electrons. The number of rotatable bonds is 6. The number of piperazine rings is 1. The lowest BCUT2D eigenvalue weighted by atomic mass is 10.3. The highest BCUT2D eigenvalue weighted by atomic mass is 127. The molecule has 4 rings (SSSR count). The van der Waals surface area contributed by atoms with Crippen molar-refractivity contribution in [1.82, 2.24) is 25.0 Å². The number of halogens is 2. The summed E-state index contributed by atoms with van der Waals surface area (Å²) in [5.74, 6) is 1.73. The van der Waals surface area contributed by atoms with E-state index in [1.807, 2.05) is 30.6 Å². The molecule has 0 spiro atoms. The van der Waals surface area contributed by atoms with Crippen LogP contribution in [0.15, 0.2) is 65.9 Å². The fourth-order valence-corrected chi connectivity index (χ4v) is 3.62. The summed E-state index contributed by atoms with van der Waals surface area (Å²) in [7, 11) is 0. The molecule has 1 fully saturated rings. The van der Waals surface area contributed by atoms with Crippen LogP contribution in [0.1, 0.15) is 12.6 Å². The summed E-state index contributed by atoms with van der Waals surface area (Å²) in [5, 5.41) is 8.00. The van der Waals surface area contributed by atoms with Gasteiger partial charge in [-0.2, -0.15) is 5.10 Å². The van der Waals surface area contributed by atoms with Crippen molar-refractivity contribution in [3.8, 4) is 5.69 Å². The molecule has 1 aliphatic heterocycles. The van der Waals surface area contributed by atoms with Crippen molar-refractivity contribution in [2.75, 3.05) is 44.2 Å². The minimum atomic E-state index is -0.248. The standard InChI is InChI=1S/C23H28FN7.HI/c1-2-25-23(30-17-15-29(16-18-30)22-5-3-4-12-26-22)27-13-10-20-11-14-31(28-20)21-8-6-19(24)7-9-21;/h3-9,11-12,14H,2,10,13,15-18H2,1H3,(H,25,27);1H. The smallest absolute Gasteiger partial charge is 0.194 e. The van der Waals surface area contributed by atoms with Crippen LogP contribution in [0, 0.1) is 5.82 Å². The normalized spacial score (nSPS) is 14.2. The van der Waals surface area contributed by atoms with Gasteiger partial charge in [0, 0.05) is 58.1 Å². The first-order chi connectivity index (χ1) is 15.2. The number of hydrogen-bond acceptors (Lipinski definition) is 4. The van der Waals surface area contributed by atoms with Crippen LogP contribution in [-0.2, 0) is 6.42 Å². The Morgan fingerprint density at radius 1 is 1.06 bits per heavy atom. The van der Waals surface area contributed by atoms with E-state index in [0.29, 0.717) is 6.54 Å². The molecule has 7 nitrogen and oxygen atoms in total. The van der Waals surface area contributed by atoms with E-state index >= 15 is 0 Å². The van der Waals surface area contributed by atoms with Crippen molar-refractivity contribution in [2.24, 2.45) is 4.99 Å². The van der Waals surface area contributed by atoms with Crippen molar-refractivity contribution in [2.45, 2.75) is 13.3 Å². The number of nitrogens with one attached hydrogen (secondary N) is 1. The van der Waals surface area contributed by atoms with Crippen LogP contribution in [0.2, 0.25) is 0 Å². The maximum Gasteiger partial charge on any atom is 0.194 e. The predicted molar refractivity (Wildman–Crippen MR) is 137 cm³/mol. The van der Waals surface area contributed by atoms with Crippen LogP contribution in [0.25, 0.3) is 5.69 Å². The summed E-state index contributed by atoms with van der Waals surface area (Å²) < 4.78 is 14.9. The van der Waals surface area contributed by atoms with E-state index in [-0.39, 0.29) is 29.8 Å². The van der Waals surface area contributed by atoms with Crippen LogP contribution in [0.5, 0.6) is 0 Å². The number of anilines is 1. The second kappa shape index (κ2) is 11.8. The van der Waals surface area contributed by atoms with Crippen LogP contribution < -0.4 is 10.2 Å². The molecule has 0 atom stereocenters. The highest BCUT2D eigenvalue weighted by molar-refractivity contribution is 14.0. The molecule has 1 aliphatic rings. The van der Waals surface area contributed by atoms with Crippen molar-refractivity contribution in [3.63, 3.8) is 0 Å². The van der Waals surface area contributed by atoms with E-state index < -0.39 is 0 Å². The van der Waals surface area contributed by atoms with Gasteiger partial charge >= 0.3 is 0 Å². The zero-order valence-corrected chi connectivity index (χ0v) is 20.5. The molecule has 0 saturated carbocycles. The second-order valence-electron chi connectivity index (χ2n) is 7.38. The van der Waals surface area contributed by atoms with Gasteiger partial charge in [-0.25, -0.2) is 14.1 Å². The Morgan fingerprint density at radius 2 is 1.84 bits per heavy atom. The lowest BCUT2D eigenvalue weighted by Crippen LogP contribution is -2.52. The van der Waals surface area contributed by atoms with E-state index in [1.54, 1.807) is 16.8 Å². The molecule has 1 N–H and O–H groups in total. The minimum Gasteiger partial charge on any atom is -0.357 e. The third-order valence-corrected chi connectivity index (χ3v) is 5.25. The predicted octanol–water partition coefficient (Wildman–Crippen LogP) is 3.35. The van der Waals surface area contributed by atoms with E-state index in [9.17, 15) is 4.39 Å². The van der Waals surface area contributed by atoms with Gasteiger partial charge in [-0.15, -0.1) is 24.0 Å². The number of guanidine groups is 1. The summed E-state index contributed by atoms with van der Waals surface area (Å²) in [6, 6.07) is 14.3. The van der Waals surface area contributed by atoms with Gasteiger partial charge in [0.1, 0.15) is 11.6 Å². The Labute approximate surface area is 205 Å². The highest BCUT2D eigenvalue weighted by Crippen LogP contribution is 2.13. The first-order valence-electron chi connectivity index (χ1n) is 10.7. The Balaban J connectivity index is 0.00000289. The van der Waals surface area contributed by atoms with Gasteiger partial charge in [0.15, 0.2) is 5.96 Å². The lowest BCUT2D eigenvalue weighted by molar-refractivity contribution is 0.371. The topological polar surface area (TPSA) is 61.6 Å². The molecule has 3 heterocycles. The molecule has 32 heavy (non-hydrogen) atoms. The quantitative estimate of drug-likeness (QED) is 0.291. The number of hydrogen-bond donors (Lipinski definition) is 1. The zero-order chi connectivity index (χ0) is 21.5. The summed E-state index contributed by atoms with van der Waals surface area (Å²) in [6.45, 7) is 7.22. The molecule has 0 aliphatic carbocycles. The highest BCUT2D eigenvalue weighted by Gasteiger charge is 2.20. The van der Waals surface area contributed by atoms with Gasteiger partial charge in [-0.05, 0) is 49.4 Å². The van der Waals surface area contributed by atoms with Crippen LogP contribution in [0.3, 0.4) is 0 Å². The summed E-state index contributed by atoms with van der Waals surface area (Å²) in [6.07, 6.45) is 4.48. The van der Waals surface area contributed by atoms with Crippen LogP contribution in [-0.4, -0.2) is 64.9 Å². The summed E-state index contributed by atoms with van der Waals surface area (Å²) in [5.41, 5.74) is 1.80.